The number of ketones is 2. The van der Waals surface area contributed by atoms with Crippen molar-refractivity contribution in [3.8, 4) is 22.5 Å². The highest BCUT2D eigenvalue weighted by Crippen LogP contribution is 2.41. The largest absolute Gasteiger partial charge is 0.307 e. The summed E-state index contributed by atoms with van der Waals surface area (Å²) in [6.07, 6.45) is 0.447. The molecule has 0 spiro atoms. The number of pyridine rings is 2. The van der Waals surface area contributed by atoms with Gasteiger partial charge in [-0.05, 0) is 18.6 Å². The minimum atomic E-state index is -0.166. The first-order valence-electron chi connectivity index (χ1n) is 17.7. The molecule has 0 aliphatic heterocycles. The van der Waals surface area contributed by atoms with Crippen molar-refractivity contribution in [1.82, 2.24) is 9.13 Å². The van der Waals surface area contributed by atoms with Gasteiger partial charge in [-0.15, -0.1) is 0 Å². The summed E-state index contributed by atoms with van der Waals surface area (Å²) in [5, 5.41) is 2.30. The minimum absolute atomic E-state index is 0. The minimum Gasteiger partial charge on any atom is -0.307 e. The van der Waals surface area contributed by atoms with E-state index in [0.717, 1.165) is 11.1 Å². The van der Waals surface area contributed by atoms with E-state index >= 15 is 0 Å². The van der Waals surface area contributed by atoms with Gasteiger partial charge in [0, 0.05) is 56.9 Å². The summed E-state index contributed by atoms with van der Waals surface area (Å²) in [6.45, 7) is 16.6. The maximum atomic E-state index is 13.8. The van der Waals surface area contributed by atoms with Gasteiger partial charge >= 0.3 is 0 Å². The Balaban J connectivity index is -0.0000000615. The van der Waals surface area contributed by atoms with E-state index in [1.807, 2.05) is 116 Å². The van der Waals surface area contributed by atoms with Crippen LogP contribution in [-0.2, 0) is 13.1 Å². The second-order valence-electron chi connectivity index (χ2n) is 10.6. The van der Waals surface area contributed by atoms with Gasteiger partial charge in [-0.3, -0.25) is 19.2 Å². The van der Waals surface area contributed by atoms with Crippen LogP contribution in [0.2, 0.25) is 0 Å². The van der Waals surface area contributed by atoms with Crippen molar-refractivity contribution in [2.24, 2.45) is 0 Å². The van der Waals surface area contributed by atoms with Gasteiger partial charge in [0.2, 0.25) is 0 Å². The first-order valence-corrected chi connectivity index (χ1v) is 17.7. The van der Waals surface area contributed by atoms with Crippen molar-refractivity contribution in [3.63, 3.8) is 0 Å². The van der Waals surface area contributed by atoms with Crippen LogP contribution in [0.1, 0.15) is 242 Å². The summed E-state index contributed by atoms with van der Waals surface area (Å²) >= 11 is 0. The number of benzene rings is 4. The number of carbonyl (C=O) groups excluding carboxylic acids is 2. The number of nitrogens with zero attached hydrogens (tertiary/aromatic N) is 2. The average molecular weight is 976 g/mol. The van der Waals surface area contributed by atoms with E-state index in [4.69, 9.17) is 0 Å². The molecule has 0 atom stereocenters. The maximum Gasteiger partial charge on any atom is 0.258 e. The molecule has 2 aromatic heterocycles. The van der Waals surface area contributed by atoms with Crippen LogP contribution < -0.4 is 11.1 Å². The molecule has 6 aromatic rings. The highest BCUT2D eigenvalue weighted by atomic mass is 16.1. The topological polar surface area (TPSA) is 78.1 Å². The van der Waals surface area contributed by atoms with Crippen LogP contribution >= 0.6 is 0 Å². The van der Waals surface area contributed by atoms with Gasteiger partial charge in [-0.25, -0.2) is 0 Å². The quantitative estimate of drug-likeness (QED) is 0.176. The fourth-order valence-electron chi connectivity index (χ4n) is 6.67. The molecule has 0 amide bonds. The molecule has 6 heteroatoms. The van der Waals surface area contributed by atoms with Crippen molar-refractivity contribution in [1.29, 1.82) is 0 Å². The molecule has 412 valence electrons. The number of hydrogen-bond donors (Lipinski definition) is 0. The third-order valence-electron chi connectivity index (χ3n) is 8.43. The molecular formula is C63H126N2O4. The smallest absolute Gasteiger partial charge is 0.258 e. The SMILES string of the molecule is C.C.C.C.C.C.C.C.C.C.C.C.C.C.C.C.C.C.C.C.CC.CC.CC.CC.O=C1c2ccccc2-c2c1c1ccccc1c(=O)n2CCCn1c2c(c3ccccc3c1=O)C(=O)c1ccccc1-2. The normalized spacial score (nSPS) is 8.06. The van der Waals surface area contributed by atoms with Crippen molar-refractivity contribution in [3.05, 3.63) is 140 Å². The second kappa shape index (κ2) is 52.0. The van der Waals surface area contributed by atoms with Crippen molar-refractivity contribution in [2.75, 3.05) is 0 Å². The molecule has 8 rings (SSSR count). The standard InChI is InChI=1S/C35H22N2O4.4C2H6.20CH4/c38-32-24-14-5-3-12-22(24)30-28(32)20-10-1-7-16-26(20)34(40)36(30)18-9-19-37-31-23-13-4-6-15-25(23)33(39)29(31)21-11-2-8-17-27(21)35(37)41;4*1-2;;;;;;;;;;;;;;;;;;;;/h1-8,10-17H,9,18-19H2;4*1-2H3;20*1H4. The first-order chi connectivity index (χ1) is 24.1. The maximum absolute atomic E-state index is 13.8. The zero-order valence-electron chi connectivity index (χ0n) is 29.9. The molecule has 2 aliphatic rings. The number of rotatable bonds is 4. The van der Waals surface area contributed by atoms with E-state index in [1.165, 1.54) is 0 Å². The lowest BCUT2D eigenvalue weighted by molar-refractivity contribution is 0.103. The van der Waals surface area contributed by atoms with Crippen LogP contribution in [0.4, 0.5) is 0 Å². The van der Waals surface area contributed by atoms with E-state index in [2.05, 4.69) is 0 Å². The van der Waals surface area contributed by atoms with Crippen LogP contribution in [-0.4, -0.2) is 20.7 Å². The molecule has 69 heavy (non-hydrogen) atoms. The summed E-state index contributed by atoms with van der Waals surface area (Å²) in [6, 6.07) is 29.2. The van der Waals surface area contributed by atoms with Crippen LogP contribution in [0.15, 0.2) is 107 Å². The molecule has 0 saturated heterocycles. The third-order valence-corrected chi connectivity index (χ3v) is 8.43. The van der Waals surface area contributed by atoms with Crippen LogP contribution in [0, 0.1) is 0 Å². The van der Waals surface area contributed by atoms with E-state index in [0.29, 0.717) is 74.7 Å². The summed E-state index contributed by atoms with van der Waals surface area (Å²) in [4.78, 5) is 54.7. The van der Waals surface area contributed by atoms with Crippen LogP contribution in [0.5, 0.6) is 0 Å². The molecule has 0 bridgehead atoms. The molecule has 0 saturated carbocycles. The Morgan fingerprint density at radius 2 is 0.493 bits per heavy atom. The third kappa shape index (κ3) is 19.5. The van der Waals surface area contributed by atoms with E-state index in [9.17, 15) is 19.2 Å². The molecule has 0 unspecified atom stereocenters. The molecule has 0 fully saturated rings. The fraction of sp³-hybridized carbons (Fsp3) is 0.492. The Labute approximate surface area is 436 Å². The Morgan fingerprint density at radius 1 is 0.290 bits per heavy atom. The van der Waals surface area contributed by atoms with Gasteiger partial charge in [-0.2, -0.15) is 0 Å². The zero-order valence-corrected chi connectivity index (χ0v) is 29.9. The van der Waals surface area contributed by atoms with Gasteiger partial charge in [0.15, 0.2) is 11.6 Å². The predicted octanol–water partition coefficient (Wildman–Crippen LogP) is 22.7. The summed E-state index contributed by atoms with van der Waals surface area (Å²) in [5.41, 5.74) is 4.70. The Hall–Kier alpha value is -5.36. The lowest BCUT2D eigenvalue weighted by Gasteiger charge is -2.17. The van der Waals surface area contributed by atoms with E-state index < -0.39 is 0 Å². The number of hydrogen-bond acceptors (Lipinski definition) is 4. The summed E-state index contributed by atoms with van der Waals surface area (Å²) in [5.74, 6) is -0.168. The van der Waals surface area contributed by atoms with Gasteiger partial charge in [0.05, 0.1) is 22.5 Å². The molecule has 2 heterocycles. The Morgan fingerprint density at radius 3 is 0.739 bits per heavy atom. The lowest BCUT2D eigenvalue weighted by atomic mass is 10.0. The highest BCUT2D eigenvalue weighted by molar-refractivity contribution is 6.27. The fourth-order valence-corrected chi connectivity index (χ4v) is 6.67. The van der Waals surface area contributed by atoms with Gasteiger partial charge in [0.1, 0.15) is 0 Å². The first kappa shape index (κ1) is 115. The zero-order chi connectivity index (χ0) is 35.8. The van der Waals surface area contributed by atoms with Gasteiger partial charge in [0.25, 0.3) is 11.1 Å². The average Bonchev–Trinajstić information content (AvgIpc) is 3.65. The number of aromatic nitrogens is 2. The highest BCUT2D eigenvalue weighted by Gasteiger charge is 2.34. The van der Waals surface area contributed by atoms with Gasteiger partial charge in [-0.1, -0.05) is 289 Å². The predicted molar refractivity (Wildman–Crippen MR) is 339 cm³/mol. The van der Waals surface area contributed by atoms with E-state index in [-0.39, 0.29) is 171 Å². The van der Waals surface area contributed by atoms with Gasteiger partial charge < -0.3 is 9.13 Å². The van der Waals surface area contributed by atoms with Crippen molar-refractivity contribution < 1.29 is 9.59 Å². The molecule has 4 aromatic carbocycles. The lowest BCUT2D eigenvalue weighted by Crippen LogP contribution is -2.27. The molecular weight excluding hydrogens is 849 g/mol. The van der Waals surface area contributed by atoms with Crippen LogP contribution in [0.3, 0.4) is 0 Å². The second-order valence-corrected chi connectivity index (χ2v) is 10.6. The van der Waals surface area contributed by atoms with Crippen molar-refractivity contribution in [2.45, 2.75) is 223 Å². The van der Waals surface area contributed by atoms with Crippen LogP contribution in [0.25, 0.3) is 44.1 Å². The summed E-state index contributed by atoms with van der Waals surface area (Å²) < 4.78 is 3.37. The Bertz CT molecular complexity index is 2120. The molecule has 0 N–H and O–H groups in total. The number of fused-ring (bicyclic) bond motifs is 10. The Kier molecular flexibility index (Phi) is 86.5. The molecule has 6 nitrogen and oxygen atoms in total. The monoisotopic (exact) mass is 975 g/mol. The van der Waals surface area contributed by atoms with E-state index in [1.54, 1.807) is 45.5 Å². The molecule has 2 aliphatic carbocycles. The summed E-state index contributed by atoms with van der Waals surface area (Å²) in [7, 11) is 0. The molecule has 0 radical (unpaired) electrons. The number of carbonyl (C=O) groups is 2. The van der Waals surface area contributed by atoms with Crippen molar-refractivity contribution >= 4 is 33.1 Å².